The first-order valence-electron chi connectivity index (χ1n) is 33.8. The van der Waals surface area contributed by atoms with E-state index in [0.29, 0.717) is 19.3 Å². The lowest BCUT2D eigenvalue weighted by Gasteiger charge is -2.18. The Labute approximate surface area is 463 Å². The SMILES string of the molecule is CCCCCCCCCCCCCCCCCC(=O)OC[C@@H](COC(=O)CCCCCCCCCCCCCCCCCCCCC(C)CC)OC(=O)CCCCCCCCCCCCCCCCCCC(C)C. The average Bonchev–Trinajstić information content (AvgIpc) is 3.39. The van der Waals surface area contributed by atoms with E-state index in [1.807, 2.05) is 0 Å². The van der Waals surface area contributed by atoms with Crippen molar-refractivity contribution in [3.8, 4) is 0 Å². The van der Waals surface area contributed by atoms with Crippen LogP contribution in [0.25, 0.3) is 0 Å². The molecule has 6 nitrogen and oxygen atoms in total. The third-order valence-electron chi connectivity index (χ3n) is 16.1. The van der Waals surface area contributed by atoms with Gasteiger partial charge in [-0.2, -0.15) is 0 Å². The molecule has 1 unspecified atom stereocenters. The summed E-state index contributed by atoms with van der Waals surface area (Å²) in [5.41, 5.74) is 0. The molecule has 0 aliphatic carbocycles. The number of hydrogen-bond donors (Lipinski definition) is 0. The minimum atomic E-state index is -0.764. The molecule has 0 aromatic heterocycles. The zero-order chi connectivity index (χ0) is 53.9. The van der Waals surface area contributed by atoms with E-state index in [1.54, 1.807) is 0 Å². The second-order valence-corrected chi connectivity index (χ2v) is 24.2. The second kappa shape index (κ2) is 60.6. The van der Waals surface area contributed by atoms with E-state index in [4.69, 9.17) is 14.2 Å². The maximum atomic E-state index is 12.9. The molecular weight excluding hydrogens is 913 g/mol. The fourth-order valence-electron chi connectivity index (χ4n) is 10.6. The Morgan fingerprint density at radius 1 is 0.284 bits per heavy atom. The van der Waals surface area contributed by atoms with Gasteiger partial charge in [0.1, 0.15) is 13.2 Å². The van der Waals surface area contributed by atoms with Crippen LogP contribution < -0.4 is 0 Å². The summed E-state index contributed by atoms with van der Waals surface area (Å²) in [5, 5.41) is 0. The lowest BCUT2D eigenvalue weighted by atomic mass is 9.99. The van der Waals surface area contributed by atoms with Gasteiger partial charge >= 0.3 is 17.9 Å². The molecule has 0 aliphatic rings. The van der Waals surface area contributed by atoms with Crippen molar-refractivity contribution < 1.29 is 28.6 Å². The Bertz CT molecular complexity index is 1140. The van der Waals surface area contributed by atoms with Crippen LogP contribution in [-0.4, -0.2) is 37.2 Å². The number of hydrogen-bond acceptors (Lipinski definition) is 6. The van der Waals surface area contributed by atoms with Crippen LogP contribution in [-0.2, 0) is 28.6 Å². The number of ether oxygens (including phenoxy) is 3. The lowest BCUT2D eigenvalue weighted by molar-refractivity contribution is -0.167. The molecule has 440 valence electrons. The normalized spacial score (nSPS) is 12.4. The minimum Gasteiger partial charge on any atom is -0.462 e. The summed E-state index contributed by atoms with van der Waals surface area (Å²) in [6, 6.07) is 0. The summed E-state index contributed by atoms with van der Waals surface area (Å²) in [4.78, 5) is 38.4. The first-order chi connectivity index (χ1) is 36.3. The summed E-state index contributed by atoms with van der Waals surface area (Å²) in [5.74, 6) is 0.935. The summed E-state index contributed by atoms with van der Waals surface area (Å²) in [6.07, 6.45) is 68.2. The van der Waals surface area contributed by atoms with Gasteiger partial charge < -0.3 is 14.2 Å². The molecule has 0 N–H and O–H groups in total. The number of carbonyl (C=O) groups excluding carboxylic acids is 3. The number of esters is 3. The molecule has 2 atom stereocenters. The maximum absolute atomic E-state index is 12.9. The van der Waals surface area contributed by atoms with Crippen LogP contribution >= 0.6 is 0 Å². The van der Waals surface area contributed by atoms with Crippen LogP contribution in [0.1, 0.15) is 388 Å². The molecule has 0 amide bonds. The standard InChI is InChI=1S/C68H132O6/c1-6-8-9-10-11-12-13-14-21-28-33-38-43-48-53-58-66(69)72-61-65(74-68(71)60-55-50-45-40-35-30-25-20-19-22-26-31-36-41-46-51-56-63(3)4)62-73-67(70)59-54-49-44-39-34-29-24-18-16-15-17-23-27-32-37-42-47-52-57-64(5)7-2/h63-65H,6-62H2,1-5H3/t64?,65-/m0/s1. The third-order valence-corrected chi connectivity index (χ3v) is 16.1. The highest BCUT2D eigenvalue weighted by Crippen LogP contribution is 2.20. The highest BCUT2D eigenvalue weighted by molar-refractivity contribution is 5.71. The summed E-state index contributed by atoms with van der Waals surface area (Å²) in [6.45, 7) is 11.5. The molecule has 6 heteroatoms. The van der Waals surface area contributed by atoms with Gasteiger partial charge in [0.05, 0.1) is 0 Å². The van der Waals surface area contributed by atoms with Gasteiger partial charge in [0.2, 0.25) is 0 Å². The topological polar surface area (TPSA) is 78.9 Å². The third kappa shape index (κ3) is 59.7. The number of rotatable bonds is 62. The van der Waals surface area contributed by atoms with Gasteiger partial charge in [-0.3, -0.25) is 14.4 Å². The maximum Gasteiger partial charge on any atom is 0.306 e. The molecule has 0 rings (SSSR count). The van der Waals surface area contributed by atoms with Crippen molar-refractivity contribution in [3.63, 3.8) is 0 Å². The highest BCUT2D eigenvalue weighted by atomic mass is 16.6. The van der Waals surface area contributed by atoms with Gasteiger partial charge in [-0.15, -0.1) is 0 Å². The van der Waals surface area contributed by atoms with Crippen LogP contribution in [0.3, 0.4) is 0 Å². The number of carbonyl (C=O) groups is 3. The van der Waals surface area contributed by atoms with Crippen LogP contribution in [0.4, 0.5) is 0 Å². The van der Waals surface area contributed by atoms with Crippen LogP contribution in [0.5, 0.6) is 0 Å². The summed E-state index contributed by atoms with van der Waals surface area (Å²) in [7, 11) is 0. The zero-order valence-electron chi connectivity index (χ0n) is 51.0. The van der Waals surface area contributed by atoms with Crippen molar-refractivity contribution >= 4 is 17.9 Å². The Morgan fingerprint density at radius 3 is 0.770 bits per heavy atom. The minimum absolute atomic E-state index is 0.0614. The molecule has 0 spiro atoms. The van der Waals surface area contributed by atoms with E-state index in [-0.39, 0.29) is 31.1 Å². The van der Waals surface area contributed by atoms with Gasteiger partial charge in [-0.25, -0.2) is 0 Å². The van der Waals surface area contributed by atoms with E-state index in [2.05, 4.69) is 34.6 Å². The van der Waals surface area contributed by atoms with Crippen molar-refractivity contribution in [1.82, 2.24) is 0 Å². The molecule has 74 heavy (non-hydrogen) atoms. The number of unbranched alkanes of at least 4 members (excludes halogenated alkanes) is 46. The Balaban J connectivity index is 4.26. The van der Waals surface area contributed by atoms with Gasteiger partial charge in [-0.05, 0) is 31.1 Å². The van der Waals surface area contributed by atoms with Crippen molar-refractivity contribution in [1.29, 1.82) is 0 Å². The predicted molar refractivity (Wildman–Crippen MR) is 321 cm³/mol. The predicted octanol–water partition coefficient (Wildman–Crippen LogP) is 22.8. The molecule has 0 fully saturated rings. The molecule has 0 aromatic rings. The van der Waals surface area contributed by atoms with E-state index >= 15 is 0 Å². The molecule has 0 saturated carbocycles. The quantitative estimate of drug-likeness (QED) is 0.0343. The van der Waals surface area contributed by atoms with Gasteiger partial charge in [-0.1, -0.05) is 349 Å². The molecular formula is C68H132O6. The Hall–Kier alpha value is -1.59. The van der Waals surface area contributed by atoms with Crippen molar-refractivity contribution in [2.75, 3.05) is 13.2 Å². The summed E-state index contributed by atoms with van der Waals surface area (Å²) < 4.78 is 17.0. The fourth-order valence-corrected chi connectivity index (χ4v) is 10.6. The molecule has 0 heterocycles. The van der Waals surface area contributed by atoms with Crippen molar-refractivity contribution in [2.45, 2.75) is 394 Å². The van der Waals surface area contributed by atoms with Gasteiger partial charge in [0.15, 0.2) is 6.10 Å². The lowest BCUT2D eigenvalue weighted by Crippen LogP contribution is -2.30. The molecule has 0 radical (unpaired) electrons. The van der Waals surface area contributed by atoms with Gasteiger partial charge in [0, 0.05) is 19.3 Å². The zero-order valence-corrected chi connectivity index (χ0v) is 51.0. The van der Waals surface area contributed by atoms with Crippen LogP contribution in [0.2, 0.25) is 0 Å². The van der Waals surface area contributed by atoms with E-state index in [0.717, 1.165) is 69.6 Å². The van der Waals surface area contributed by atoms with E-state index in [1.165, 1.54) is 276 Å². The molecule has 0 aromatic carbocycles. The first-order valence-corrected chi connectivity index (χ1v) is 33.8. The second-order valence-electron chi connectivity index (χ2n) is 24.2. The molecule has 0 saturated heterocycles. The monoisotopic (exact) mass is 1050 g/mol. The van der Waals surface area contributed by atoms with Gasteiger partial charge in [0.25, 0.3) is 0 Å². The molecule has 0 aliphatic heterocycles. The smallest absolute Gasteiger partial charge is 0.306 e. The van der Waals surface area contributed by atoms with Crippen molar-refractivity contribution in [3.05, 3.63) is 0 Å². The van der Waals surface area contributed by atoms with E-state index in [9.17, 15) is 14.4 Å². The Kier molecular flexibility index (Phi) is 59.3. The highest BCUT2D eigenvalue weighted by Gasteiger charge is 2.20. The largest absolute Gasteiger partial charge is 0.462 e. The Morgan fingerprint density at radius 2 is 0.514 bits per heavy atom. The first kappa shape index (κ1) is 72.4. The average molecular weight is 1050 g/mol. The van der Waals surface area contributed by atoms with Crippen molar-refractivity contribution in [2.24, 2.45) is 11.8 Å². The summed E-state index contributed by atoms with van der Waals surface area (Å²) >= 11 is 0. The van der Waals surface area contributed by atoms with Crippen LogP contribution in [0, 0.1) is 11.8 Å². The molecule has 0 bridgehead atoms. The fraction of sp³-hybridized carbons (Fsp3) is 0.956. The van der Waals surface area contributed by atoms with Crippen LogP contribution in [0.15, 0.2) is 0 Å². The van der Waals surface area contributed by atoms with E-state index < -0.39 is 6.10 Å².